The molecule has 28 heavy (non-hydrogen) atoms. The quantitative estimate of drug-likeness (QED) is 0.818. The third-order valence-corrected chi connectivity index (χ3v) is 7.03. The Balaban J connectivity index is 1.40. The van der Waals surface area contributed by atoms with Gasteiger partial charge in [-0.05, 0) is 36.4 Å². The smallest absolute Gasteiger partial charge is 0.244 e. The molecule has 0 atom stereocenters. The molecule has 0 bridgehead atoms. The number of sulfonamides is 1. The summed E-state index contributed by atoms with van der Waals surface area (Å²) in [6.07, 6.45) is 1.45. The number of benzene rings is 1. The first-order chi connectivity index (χ1) is 13.5. The molecule has 1 aromatic carbocycles. The molecule has 0 aliphatic carbocycles. The number of anilines is 2. The monoisotopic (exact) mass is 404 g/mol. The molecule has 0 unspecified atom stereocenters. The Labute approximate surface area is 165 Å². The predicted octanol–water partition coefficient (Wildman–Crippen LogP) is 1.13. The van der Waals surface area contributed by atoms with Gasteiger partial charge < -0.3 is 19.6 Å². The normalized spacial score (nSPS) is 19.0. The molecular weight excluding hydrogens is 380 g/mol. The molecule has 2 saturated heterocycles. The topological polar surface area (TPSA) is 86.2 Å². The lowest BCUT2D eigenvalue weighted by atomic mass is 10.2. The zero-order valence-corrected chi connectivity index (χ0v) is 16.4. The summed E-state index contributed by atoms with van der Waals surface area (Å²) in [6, 6.07) is 10.6. The number of rotatable bonds is 4. The third-order valence-electron chi connectivity index (χ3n) is 5.15. The van der Waals surface area contributed by atoms with Crippen molar-refractivity contribution >= 4 is 21.5 Å². The van der Waals surface area contributed by atoms with Crippen molar-refractivity contribution < 1.29 is 18.3 Å². The molecule has 0 spiro atoms. The van der Waals surface area contributed by atoms with Crippen LogP contribution in [0.3, 0.4) is 0 Å². The van der Waals surface area contributed by atoms with Crippen LogP contribution < -0.4 is 9.80 Å². The van der Waals surface area contributed by atoms with E-state index in [2.05, 4.69) is 14.8 Å². The molecule has 0 amide bonds. The summed E-state index contributed by atoms with van der Waals surface area (Å²) in [4.78, 5) is 9.05. The Bertz CT molecular complexity index is 889. The van der Waals surface area contributed by atoms with Crippen LogP contribution in [0.5, 0.6) is 5.75 Å². The second kappa shape index (κ2) is 7.94. The van der Waals surface area contributed by atoms with Crippen LogP contribution in [-0.2, 0) is 14.8 Å². The number of morpholine rings is 1. The third kappa shape index (κ3) is 3.91. The van der Waals surface area contributed by atoms with Crippen molar-refractivity contribution in [3.63, 3.8) is 0 Å². The molecule has 2 aliphatic heterocycles. The van der Waals surface area contributed by atoms with Crippen LogP contribution in [0.15, 0.2) is 47.5 Å². The van der Waals surface area contributed by atoms with E-state index in [9.17, 15) is 13.5 Å². The maximum Gasteiger partial charge on any atom is 0.244 e. The summed E-state index contributed by atoms with van der Waals surface area (Å²) in [5.74, 6) is 1.05. The summed E-state index contributed by atoms with van der Waals surface area (Å²) in [7, 11) is -3.51. The van der Waals surface area contributed by atoms with E-state index in [-0.39, 0.29) is 10.6 Å². The Hall–Kier alpha value is -2.36. The largest absolute Gasteiger partial charge is 0.508 e. The van der Waals surface area contributed by atoms with Gasteiger partial charge in [-0.15, -0.1) is 0 Å². The number of aromatic nitrogens is 1. The molecule has 150 valence electrons. The average Bonchev–Trinajstić information content (AvgIpc) is 2.75. The fraction of sp³-hybridized carbons (Fsp3) is 0.421. The number of piperazine rings is 1. The van der Waals surface area contributed by atoms with E-state index in [0.717, 1.165) is 37.7 Å². The van der Waals surface area contributed by atoms with E-state index in [0.29, 0.717) is 26.3 Å². The van der Waals surface area contributed by atoms with E-state index < -0.39 is 10.0 Å². The lowest BCUT2D eigenvalue weighted by molar-refractivity contribution is 0.0730. The van der Waals surface area contributed by atoms with Crippen molar-refractivity contribution in [2.24, 2.45) is 0 Å². The molecule has 2 aromatic rings. The number of hydrogen-bond donors (Lipinski definition) is 1. The minimum absolute atomic E-state index is 0.223. The van der Waals surface area contributed by atoms with Gasteiger partial charge in [0.05, 0.1) is 13.2 Å². The van der Waals surface area contributed by atoms with Crippen LogP contribution >= 0.6 is 0 Å². The Kier molecular flexibility index (Phi) is 5.38. The van der Waals surface area contributed by atoms with Gasteiger partial charge >= 0.3 is 0 Å². The molecule has 8 nitrogen and oxygen atoms in total. The number of phenolic OH excluding ortho intramolecular Hbond substituents is 1. The van der Waals surface area contributed by atoms with Crippen LogP contribution in [0.4, 0.5) is 11.5 Å². The van der Waals surface area contributed by atoms with Gasteiger partial charge in [-0.3, -0.25) is 0 Å². The first kappa shape index (κ1) is 19.0. The van der Waals surface area contributed by atoms with E-state index in [4.69, 9.17) is 4.74 Å². The van der Waals surface area contributed by atoms with Gasteiger partial charge in [0.2, 0.25) is 10.0 Å². The fourth-order valence-electron chi connectivity index (χ4n) is 3.51. The Morgan fingerprint density at radius 2 is 1.50 bits per heavy atom. The van der Waals surface area contributed by atoms with Crippen molar-refractivity contribution in [2.75, 3.05) is 62.3 Å². The lowest BCUT2D eigenvalue weighted by Gasteiger charge is -2.36. The summed E-state index contributed by atoms with van der Waals surface area (Å²) < 4.78 is 32.1. The molecule has 2 fully saturated rings. The van der Waals surface area contributed by atoms with Crippen LogP contribution in [-0.4, -0.2) is 75.3 Å². The van der Waals surface area contributed by atoms with Gasteiger partial charge in [-0.1, -0.05) is 0 Å². The van der Waals surface area contributed by atoms with E-state index >= 15 is 0 Å². The Morgan fingerprint density at radius 1 is 0.857 bits per heavy atom. The van der Waals surface area contributed by atoms with Crippen molar-refractivity contribution in [3.8, 4) is 5.75 Å². The minimum Gasteiger partial charge on any atom is -0.508 e. The summed E-state index contributed by atoms with van der Waals surface area (Å²) in [5, 5.41) is 9.42. The summed E-state index contributed by atoms with van der Waals surface area (Å²) >= 11 is 0. The average molecular weight is 404 g/mol. The van der Waals surface area contributed by atoms with Crippen LogP contribution in [0.1, 0.15) is 0 Å². The number of pyridine rings is 1. The highest BCUT2D eigenvalue weighted by molar-refractivity contribution is 7.89. The zero-order chi connectivity index (χ0) is 19.6. The maximum absolute atomic E-state index is 12.7. The van der Waals surface area contributed by atoms with Crippen LogP contribution in [0, 0.1) is 0 Å². The van der Waals surface area contributed by atoms with Gasteiger partial charge in [0, 0.05) is 51.2 Å². The predicted molar refractivity (Wildman–Crippen MR) is 106 cm³/mol. The van der Waals surface area contributed by atoms with Gasteiger partial charge in [0.1, 0.15) is 16.5 Å². The van der Waals surface area contributed by atoms with Crippen molar-refractivity contribution in [1.29, 1.82) is 0 Å². The van der Waals surface area contributed by atoms with Gasteiger partial charge in [0.25, 0.3) is 0 Å². The molecular formula is C19H24N4O4S. The molecule has 1 aromatic heterocycles. The van der Waals surface area contributed by atoms with E-state index in [1.54, 1.807) is 24.3 Å². The Morgan fingerprint density at radius 3 is 2.11 bits per heavy atom. The highest BCUT2D eigenvalue weighted by Gasteiger charge is 2.27. The standard InChI is InChI=1S/C19H24N4O4S/c24-17-3-1-16(2-4-17)21-7-9-22(10-8-21)19-6-5-18(15-20-19)28(25,26)23-11-13-27-14-12-23/h1-6,15,24H,7-14H2. The van der Waals surface area contributed by atoms with E-state index in [1.807, 2.05) is 12.1 Å². The fourth-order valence-corrected chi connectivity index (χ4v) is 4.86. The van der Waals surface area contributed by atoms with Crippen molar-refractivity contribution in [1.82, 2.24) is 9.29 Å². The number of phenols is 1. The van der Waals surface area contributed by atoms with Crippen molar-refractivity contribution in [3.05, 3.63) is 42.6 Å². The zero-order valence-electron chi connectivity index (χ0n) is 15.6. The second-order valence-corrected chi connectivity index (χ2v) is 8.80. The molecule has 1 N–H and O–H groups in total. The maximum atomic E-state index is 12.7. The van der Waals surface area contributed by atoms with Crippen molar-refractivity contribution in [2.45, 2.75) is 4.90 Å². The van der Waals surface area contributed by atoms with Crippen LogP contribution in [0.25, 0.3) is 0 Å². The SMILES string of the molecule is O=S(=O)(c1ccc(N2CCN(c3ccc(O)cc3)CC2)nc1)N1CCOCC1. The summed E-state index contributed by atoms with van der Waals surface area (Å²) in [6.45, 7) is 4.87. The first-order valence-electron chi connectivity index (χ1n) is 9.37. The highest BCUT2D eigenvalue weighted by Crippen LogP contribution is 2.23. The first-order valence-corrected chi connectivity index (χ1v) is 10.8. The minimum atomic E-state index is -3.51. The molecule has 0 saturated carbocycles. The van der Waals surface area contributed by atoms with E-state index in [1.165, 1.54) is 10.5 Å². The molecule has 3 heterocycles. The van der Waals surface area contributed by atoms with Gasteiger partial charge in [-0.25, -0.2) is 13.4 Å². The van der Waals surface area contributed by atoms with Gasteiger partial charge in [0.15, 0.2) is 0 Å². The van der Waals surface area contributed by atoms with Gasteiger partial charge in [-0.2, -0.15) is 4.31 Å². The number of ether oxygens (including phenoxy) is 1. The molecule has 4 rings (SSSR count). The number of nitrogens with zero attached hydrogens (tertiary/aromatic N) is 4. The molecule has 9 heteroatoms. The molecule has 2 aliphatic rings. The van der Waals surface area contributed by atoms with Crippen LogP contribution in [0.2, 0.25) is 0 Å². The summed E-state index contributed by atoms with van der Waals surface area (Å²) in [5.41, 5.74) is 1.08. The molecule has 0 radical (unpaired) electrons. The number of hydrogen-bond acceptors (Lipinski definition) is 7. The second-order valence-electron chi connectivity index (χ2n) is 6.86. The lowest BCUT2D eigenvalue weighted by Crippen LogP contribution is -2.46. The number of aromatic hydroxyl groups is 1. The highest BCUT2D eigenvalue weighted by atomic mass is 32.2.